The summed E-state index contributed by atoms with van der Waals surface area (Å²) in [5, 5.41) is 2.92. The number of likely N-dealkylation sites (tertiary alicyclic amines) is 1. The van der Waals surface area contributed by atoms with E-state index in [2.05, 4.69) is 5.32 Å². The minimum Gasteiger partial charge on any atom is -0.454 e. The monoisotopic (exact) mass is 435 g/mol. The normalized spacial score (nSPS) is 19.5. The van der Waals surface area contributed by atoms with E-state index in [0.29, 0.717) is 35.8 Å². The zero-order valence-corrected chi connectivity index (χ0v) is 17.7. The number of ether oxygens (including phenoxy) is 2. The van der Waals surface area contributed by atoms with Gasteiger partial charge in [0.1, 0.15) is 0 Å². The predicted molar refractivity (Wildman–Crippen MR) is 116 cm³/mol. The van der Waals surface area contributed by atoms with Crippen LogP contribution in [0.1, 0.15) is 35.2 Å². The van der Waals surface area contributed by atoms with Crippen LogP contribution in [-0.4, -0.2) is 49.0 Å². The second-order valence-electron chi connectivity index (χ2n) is 8.36. The summed E-state index contributed by atoms with van der Waals surface area (Å²) in [7, 11) is 0. The Kier molecular flexibility index (Phi) is 5.43. The number of nitrogens with zero attached hydrogens (tertiary/aromatic N) is 2. The maximum absolute atomic E-state index is 12.7. The van der Waals surface area contributed by atoms with Gasteiger partial charge in [0.2, 0.25) is 18.6 Å². The van der Waals surface area contributed by atoms with Gasteiger partial charge in [-0.15, -0.1) is 0 Å². The van der Waals surface area contributed by atoms with Crippen molar-refractivity contribution in [2.45, 2.75) is 25.8 Å². The molecule has 8 heteroatoms. The van der Waals surface area contributed by atoms with Crippen LogP contribution in [0.15, 0.2) is 42.5 Å². The average molecular weight is 435 g/mol. The summed E-state index contributed by atoms with van der Waals surface area (Å²) in [6.45, 7) is 2.40. The largest absolute Gasteiger partial charge is 0.454 e. The lowest BCUT2D eigenvalue weighted by Crippen LogP contribution is -2.32. The van der Waals surface area contributed by atoms with Gasteiger partial charge in [-0.05, 0) is 42.7 Å². The van der Waals surface area contributed by atoms with E-state index in [0.717, 1.165) is 31.5 Å². The van der Waals surface area contributed by atoms with E-state index >= 15 is 0 Å². The molecule has 2 aromatic rings. The number of carbonyl (C=O) groups is 3. The molecule has 3 amide bonds. The molecule has 32 heavy (non-hydrogen) atoms. The zero-order valence-electron chi connectivity index (χ0n) is 17.7. The lowest BCUT2D eigenvalue weighted by Gasteiger charge is -2.17. The molecule has 3 aliphatic heterocycles. The van der Waals surface area contributed by atoms with Crippen LogP contribution < -0.4 is 19.7 Å². The minimum absolute atomic E-state index is 0.0384. The highest BCUT2D eigenvalue weighted by Crippen LogP contribution is 2.37. The van der Waals surface area contributed by atoms with Crippen LogP contribution in [0, 0.1) is 5.92 Å². The van der Waals surface area contributed by atoms with Crippen molar-refractivity contribution < 1.29 is 23.9 Å². The number of amides is 3. The number of hydrogen-bond donors (Lipinski definition) is 1. The fraction of sp³-hybridized carbons (Fsp3) is 0.375. The third-order valence-electron chi connectivity index (χ3n) is 6.20. The average Bonchev–Trinajstić information content (AvgIpc) is 3.57. The molecular formula is C24H25N3O5. The van der Waals surface area contributed by atoms with Crippen molar-refractivity contribution in [2.24, 2.45) is 5.92 Å². The number of hydrogen-bond acceptors (Lipinski definition) is 5. The Morgan fingerprint density at radius 3 is 2.69 bits per heavy atom. The third kappa shape index (κ3) is 4.00. The molecule has 5 rings (SSSR count). The molecule has 0 spiro atoms. The molecule has 0 aromatic heterocycles. The van der Waals surface area contributed by atoms with Gasteiger partial charge in [0.05, 0.1) is 5.92 Å². The van der Waals surface area contributed by atoms with Crippen LogP contribution in [0.3, 0.4) is 0 Å². The van der Waals surface area contributed by atoms with E-state index in [1.54, 1.807) is 23.1 Å². The topological polar surface area (TPSA) is 88.2 Å². The maximum Gasteiger partial charge on any atom is 0.253 e. The zero-order chi connectivity index (χ0) is 22.1. The minimum atomic E-state index is -0.428. The molecule has 0 saturated carbocycles. The second kappa shape index (κ2) is 8.53. The van der Waals surface area contributed by atoms with Crippen LogP contribution in [0.2, 0.25) is 0 Å². The highest BCUT2D eigenvalue weighted by Gasteiger charge is 2.35. The lowest BCUT2D eigenvalue weighted by molar-refractivity contribution is -0.126. The fourth-order valence-corrected chi connectivity index (χ4v) is 4.44. The SMILES string of the molecule is O=C(NCc1cccc(C(=O)N2CCCC2)c1)C1CC(=O)N(c2ccc3c(c2)OCO3)C1. The van der Waals surface area contributed by atoms with Crippen LogP contribution in [-0.2, 0) is 16.1 Å². The van der Waals surface area contributed by atoms with Crippen LogP contribution in [0.4, 0.5) is 5.69 Å². The number of nitrogens with one attached hydrogen (secondary N) is 1. The number of anilines is 1. The van der Waals surface area contributed by atoms with Crippen LogP contribution >= 0.6 is 0 Å². The van der Waals surface area contributed by atoms with Gasteiger partial charge < -0.3 is 24.6 Å². The van der Waals surface area contributed by atoms with Crippen LogP contribution in [0.5, 0.6) is 11.5 Å². The summed E-state index contributed by atoms with van der Waals surface area (Å²) in [6, 6.07) is 12.7. The first kappa shape index (κ1) is 20.4. The molecule has 0 radical (unpaired) electrons. The molecule has 2 saturated heterocycles. The van der Waals surface area contributed by atoms with Crippen molar-refractivity contribution in [3.8, 4) is 11.5 Å². The Balaban J connectivity index is 1.19. The second-order valence-corrected chi connectivity index (χ2v) is 8.36. The Hall–Kier alpha value is -3.55. The highest BCUT2D eigenvalue weighted by molar-refractivity contribution is 6.00. The van der Waals surface area contributed by atoms with E-state index in [4.69, 9.17) is 9.47 Å². The molecule has 3 heterocycles. The molecule has 8 nitrogen and oxygen atoms in total. The molecular weight excluding hydrogens is 410 g/mol. The summed E-state index contributed by atoms with van der Waals surface area (Å²) in [5.74, 6) is 0.602. The van der Waals surface area contributed by atoms with E-state index < -0.39 is 5.92 Å². The quantitative estimate of drug-likeness (QED) is 0.779. The lowest BCUT2D eigenvalue weighted by atomic mass is 10.1. The van der Waals surface area contributed by atoms with Crippen molar-refractivity contribution in [2.75, 3.05) is 31.3 Å². The van der Waals surface area contributed by atoms with Gasteiger partial charge in [0.25, 0.3) is 5.91 Å². The van der Waals surface area contributed by atoms with Crippen molar-refractivity contribution in [1.29, 1.82) is 0 Å². The fourth-order valence-electron chi connectivity index (χ4n) is 4.44. The summed E-state index contributed by atoms with van der Waals surface area (Å²) < 4.78 is 10.7. The first-order valence-electron chi connectivity index (χ1n) is 10.9. The van der Waals surface area contributed by atoms with Crippen molar-refractivity contribution in [3.05, 3.63) is 53.6 Å². The van der Waals surface area contributed by atoms with E-state index in [1.807, 2.05) is 29.2 Å². The standard InChI is InChI=1S/C24H25N3O5/c28-22-11-18(14-27(22)19-6-7-20-21(12-19)32-15-31-20)23(29)25-13-16-4-3-5-17(10-16)24(30)26-8-1-2-9-26/h3-7,10,12,18H,1-2,8-9,11,13-15H2,(H,25,29). The first-order valence-corrected chi connectivity index (χ1v) is 10.9. The Morgan fingerprint density at radius 1 is 1.03 bits per heavy atom. The summed E-state index contributed by atoms with van der Waals surface area (Å²) in [4.78, 5) is 41.4. The number of carbonyl (C=O) groups excluding carboxylic acids is 3. The van der Waals surface area contributed by atoms with Crippen molar-refractivity contribution in [1.82, 2.24) is 10.2 Å². The molecule has 1 atom stereocenters. The summed E-state index contributed by atoms with van der Waals surface area (Å²) >= 11 is 0. The Morgan fingerprint density at radius 2 is 1.84 bits per heavy atom. The Bertz CT molecular complexity index is 1060. The van der Waals surface area contributed by atoms with Gasteiger partial charge in [-0.25, -0.2) is 0 Å². The number of benzene rings is 2. The smallest absolute Gasteiger partial charge is 0.253 e. The van der Waals surface area contributed by atoms with Gasteiger partial charge in [-0.2, -0.15) is 0 Å². The molecule has 166 valence electrons. The molecule has 0 aliphatic carbocycles. The predicted octanol–water partition coefficient (Wildman–Crippen LogP) is 2.32. The van der Waals surface area contributed by atoms with E-state index in [1.165, 1.54) is 0 Å². The maximum atomic E-state index is 12.7. The van der Waals surface area contributed by atoms with Gasteiger partial charge in [0, 0.05) is 49.9 Å². The van der Waals surface area contributed by atoms with Crippen molar-refractivity contribution in [3.63, 3.8) is 0 Å². The molecule has 2 aromatic carbocycles. The number of fused-ring (bicyclic) bond motifs is 1. The molecule has 2 fully saturated rings. The van der Waals surface area contributed by atoms with Gasteiger partial charge >= 0.3 is 0 Å². The molecule has 1 N–H and O–H groups in total. The van der Waals surface area contributed by atoms with E-state index in [9.17, 15) is 14.4 Å². The molecule has 0 bridgehead atoms. The summed E-state index contributed by atoms with van der Waals surface area (Å²) in [5.41, 5.74) is 2.20. The highest BCUT2D eigenvalue weighted by atomic mass is 16.7. The van der Waals surface area contributed by atoms with Gasteiger partial charge in [-0.3, -0.25) is 14.4 Å². The van der Waals surface area contributed by atoms with Crippen LogP contribution in [0.25, 0.3) is 0 Å². The third-order valence-corrected chi connectivity index (χ3v) is 6.20. The first-order chi connectivity index (χ1) is 15.6. The van der Waals surface area contributed by atoms with Gasteiger partial charge in [-0.1, -0.05) is 12.1 Å². The van der Waals surface area contributed by atoms with Gasteiger partial charge in [0.15, 0.2) is 11.5 Å². The molecule has 1 unspecified atom stereocenters. The van der Waals surface area contributed by atoms with E-state index in [-0.39, 0.29) is 30.9 Å². The number of rotatable bonds is 5. The van der Waals surface area contributed by atoms with Crippen molar-refractivity contribution >= 4 is 23.4 Å². The Labute approximate surface area is 186 Å². The summed E-state index contributed by atoms with van der Waals surface area (Å²) in [6.07, 6.45) is 2.25. The molecule has 3 aliphatic rings.